The molecule has 0 aliphatic rings. The van der Waals surface area contributed by atoms with Crippen LogP contribution in [0, 0.1) is 0 Å². The highest BCUT2D eigenvalue weighted by Crippen LogP contribution is 2.40. The van der Waals surface area contributed by atoms with Gasteiger partial charge in [0.2, 0.25) is 0 Å². The van der Waals surface area contributed by atoms with Crippen LogP contribution in [-0.2, 0) is 15.5 Å². The first-order valence-corrected chi connectivity index (χ1v) is 13.4. The van der Waals surface area contributed by atoms with E-state index >= 15 is 0 Å². The summed E-state index contributed by atoms with van der Waals surface area (Å²) in [6, 6.07) is 10.8. The monoisotopic (exact) mass is 517 g/mol. The van der Waals surface area contributed by atoms with E-state index in [2.05, 4.69) is 4.52 Å². The van der Waals surface area contributed by atoms with Gasteiger partial charge in [-0.05, 0) is 75.9 Å². The molecule has 2 aromatic rings. The molecule has 10 heteroatoms. The van der Waals surface area contributed by atoms with Gasteiger partial charge in [0.15, 0.2) is 0 Å². The van der Waals surface area contributed by atoms with E-state index in [1.54, 1.807) is 18.2 Å². The summed E-state index contributed by atoms with van der Waals surface area (Å²) in [6.45, 7) is 7.60. The summed E-state index contributed by atoms with van der Waals surface area (Å²) >= 11 is 7.89. The number of benzene rings is 2. The van der Waals surface area contributed by atoms with Crippen LogP contribution in [0.3, 0.4) is 0 Å². The van der Waals surface area contributed by atoms with Gasteiger partial charge in [0.05, 0.1) is 11.5 Å². The van der Waals surface area contributed by atoms with Crippen molar-refractivity contribution in [3.8, 4) is 11.5 Å². The lowest BCUT2D eigenvalue weighted by atomic mass is 9.89. The van der Waals surface area contributed by atoms with E-state index in [0.717, 1.165) is 16.9 Å². The predicted octanol–water partition coefficient (Wildman–Crippen LogP) is 5.91. The minimum Gasteiger partial charge on any atom is -0.507 e. The van der Waals surface area contributed by atoms with E-state index in [1.807, 2.05) is 45.9 Å². The Hall–Kier alpha value is -1.25. The minimum absolute atomic E-state index is 0.152. The number of aromatic hydroxyl groups is 1. The Kier molecular flexibility index (Phi) is 9.71. The molecule has 7 nitrogen and oxygen atoms in total. The molecule has 0 radical (unpaired) electrons. The van der Waals surface area contributed by atoms with E-state index in [-0.39, 0.29) is 18.0 Å². The molecule has 33 heavy (non-hydrogen) atoms. The molecule has 1 atom stereocenters. The Morgan fingerprint density at radius 1 is 1.12 bits per heavy atom. The average molecular weight is 518 g/mol. The first-order valence-electron chi connectivity index (χ1n) is 10.7. The maximum atomic E-state index is 11.1. The van der Waals surface area contributed by atoms with Crippen molar-refractivity contribution in [2.75, 3.05) is 6.61 Å². The van der Waals surface area contributed by atoms with Gasteiger partial charge in [-0.15, -0.1) is 0 Å². The van der Waals surface area contributed by atoms with Gasteiger partial charge in [-0.3, -0.25) is 4.52 Å². The second kappa shape index (κ2) is 11.5. The molecule has 0 amide bonds. The normalized spacial score (nSPS) is 14.2. The molecular weight excluding hydrogens is 485 g/mol. The summed E-state index contributed by atoms with van der Waals surface area (Å²) < 4.78 is 21.6. The molecule has 184 valence electrons. The smallest absolute Gasteiger partial charge is 0.469 e. The first kappa shape index (κ1) is 28.0. The molecule has 2 aromatic carbocycles. The van der Waals surface area contributed by atoms with Gasteiger partial charge >= 0.3 is 7.82 Å². The fraction of sp³-hybridized carbons (Fsp3) is 0.478. The maximum Gasteiger partial charge on any atom is 0.469 e. The van der Waals surface area contributed by atoms with Crippen LogP contribution in [0.15, 0.2) is 46.2 Å². The van der Waals surface area contributed by atoms with Crippen LogP contribution in [0.1, 0.15) is 52.5 Å². The summed E-state index contributed by atoms with van der Waals surface area (Å²) in [6.07, 6.45) is 2.31. The number of phosphoric acid groups is 1. The van der Waals surface area contributed by atoms with Gasteiger partial charge in [-0.2, -0.15) is 0 Å². The Labute approximate surface area is 204 Å². The highest BCUT2D eigenvalue weighted by Gasteiger charge is 2.28. The third kappa shape index (κ3) is 9.87. The second-order valence-electron chi connectivity index (χ2n) is 9.08. The van der Waals surface area contributed by atoms with Gasteiger partial charge in [0, 0.05) is 15.5 Å². The van der Waals surface area contributed by atoms with Crippen molar-refractivity contribution in [3.63, 3.8) is 0 Å². The van der Waals surface area contributed by atoms with Crippen LogP contribution in [-0.4, -0.2) is 32.6 Å². The lowest BCUT2D eigenvalue weighted by Crippen LogP contribution is -2.44. The van der Waals surface area contributed by atoms with E-state index in [1.165, 1.54) is 11.8 Å². The molecule has 5 N–H and O–H groups in total. The van der Waals surface area contributed by atoms with Crippen LogP contribution >= 0.6 is 31.2 Å². The first-order chi connectivity index (χ1) is 15.2. The van der Waals surface area contributed by atoms with E-state index < -0.39 is 13.4 Å². The van der Waals surface area contributed by atoms with Gasteiger partial charge < -0.3 is 25.4 Å². The summed E-state index contributed by atoms with van der Waals surface area (Å²) in [5.74, 6) is 0.817. The lowest BCUT2D eigenvalue weighted by Gasteiger charge is -2.29. The number of hydrogen-bond acceptors (Lipinski definition) is 6. The lowest BCUT2D eigenvalue weighted by molar-refractivity contribution is 0.130. The zero-order valence-corrected chi connectivity index (χ0v) is 21.8. The van der Waals surface area contributed by atoms with Gasteiger partial charge in [-0.1, -0.05) is 42.8 Å². The summed E-state index contributed by atoms with van der Waals surface area (Å²) in [5.41, 5.74) is 6.02. The number of rotatable bonds is 11. The molecule has 0 aliphatic heterocycles. The Balaban J connectivity index is 2.10. The number of phenolic OH excluding ortho intramolecular Hbond substituents is 1. The quantitative estimate of drug-likeness (QED) is 0.271. The topological polar surface area (TPSA) is 122 Å². The Morgan fingerprint density at radius 2 is 1.82 bits per heavy atom. The zero-order valence-electron chi connectivity index (χ0n) is 19.4. The van der Waals surface area contributed by atoms with Gasteiger partial charge in [-0.25, -0.2) is 4.57 Å². The van der Waals surface area contributed by atoms with Crippen LogP contribution in [0.4, 0.5) is 0 Å². The number of ether oxygens (including phenoxy) is 1. The molecule has 0 fully saturated rings. The van der Waals surface area contributed by atoms with E-state index in [0.29, 0.717) is 34.9 Å². The molecule has 1 unspecified atom stereocenters. The molecule has 0 heterocycles. The van der Waals surface area contributed by atoms with Crippen LogP contribution in [0.2, 0.25) is 5.02 Å². The molecule has 0 spiro atoms. The SMILES string of the molecule is CCCC(N)(CCc1ccc(Sc2cc(OC(C)(C)C)ccc2O)cc1Cl)COP(=O)(O)O. The van der Waals surface area contributed by atoms with Crippen LogP contribution < -0.4 is 10.5 Å². The molecule has 2 rings (SSSR count). The van der Waals surface area contributed by atoms with Crippen molar-refractivity contribution < 1.29 is 28.7 Å². The molecule has 0 saturated carbocycles. The molecule has 0 aliphatic carbocycles. The van der Waals surface area contributed by atoms with Gasteiger partial charge in [0.1, 0.15) is 17.1 Å². The number of aryl methyl sites for hydroxylation is 1. The second-order valence-corrected chi connectivity index (χ2v) is 11.8. The fourth-order valence-electron chi connectivity index (χ4n) is 3.28. The van der Waals surface area contributed by atoms with E-state index in [4.69, 9.17) is 31.9 Å². The maximum absolute atomic E-state index is 11.1. The summed E-state index contributed by atoms with van der Waals surface area (Å²) in [5, 5.41) is 10.8. The Bertz CT molecular complexity index is 993. The van der Waals surface area contributed by atoms with Gasteiger partial charge in [0.25, 0.3) is 0 Å². The largest absolute Gasteiger partial charge is 0.507 e. The van der Waals surface area contributed by atoms with Crippen molar-refractivity contribution in [2.24, 2.45) is 5.73 Å². The predicted molar refractivity (Wildman–Crippen MR) is 132 cm³/mol. The third-order valence-electron chi connectivity index (χ3n) is 4.77. The summed E-state index contributed by atoms with van der Waals surface area (Å²) in [7, 11) is -4.59. The van der Waals surface area contributed by atoms with E-state index in [9.17, 15) is 9.67 Å². The van der Waals surface area contributed by atoms with Crippen molar-refractivity contribution >= 4 is 31.2 Å². The average Bonchev–Trinajstić information content (AvgIpc) is 2.67. The van der Waals surface area contributed by atoms with Crippen LogP contribution in [0.5, 0.6) is 11.5 Å². The highest BCUT2D eigenvalue weighted by atomic mass is 35.5. The molecule has 0 saturated heterocycles. The molecular formula is C23H33ClNO6PS. The molecule has 0 aromatic heterocycles. The number of hydrogen-bond donors (Lipinski definition) is 4. The Morgan fingerprint density at radius 3 is 2.39 bits per heavy atom. The molecule has 0 bridgehead atoms. The zero-order chi connectivity index (χ0) is 24.9. The number of phenols is 1. The fourth-order valence-corrected chi connectivity index (χ4v) is 4.96. The van der Waals surface area contributed by atoms with Crippen molar-refractivity contribution in [2.45, 2.75) is 74.3 Å². The highest BCUT2D eigenvalue weighted by molar-refractivity contribution is 7.99. The minimum atomic E-state index is -4.59. The number of phosphoric ester groups is 1. The summed E-state index contributed by atoms with van der Waals surface area (Å²) in [4.78, 5) is 19.5. The standard InChI is InChI=1S/C23H33ClNO6PS/c1-5-11-23(25,15-30-32(27,28)29)12-10-16-6-8-18(14-19(16)24)33-21-13-17(7-9-20(21)26)31-22(2,3)4/h6-9,13-14,26H,5,10-12,15,25H2,1-4H3,(H2,27,28,29). The number of nitrogens with two attached hydrogens (primary N) is 1. The third-order valence-corrected chi connectivity index (χ3v) is 6.62. The van der Waals surface area contributed by atoms with Crippen LogP contribution in [0.25, 0.3) is 0 Å². The number of halogens is 1. The van der Waals surface area contributed by atoms with Crippen molar-refractivity contribution in [3.05, 3.63) is 47.0 Å². The van der Waals surface area contributed by atoms with Crippen molar-refractivity contribution in [1.82, 2.24) is 0 Å². The van der Waals surface area contributed by atoms with Crippen molar-refractivity contribution in [1.29, 1.82) is 0 Å².